The van der Waals surface area contributed by atoms with Gasteiger partial charge in [-0.25, -0.2) is 0 Å². The molecule has 4 heteroatoms. The summed E-state index contributed by atoms with van der Waals surface area (Å²) < 4.78 is 11.3. The van der Waals surface area contributed by atoms with Crippen molar-refractivity contribution in [3.05, 3.63) is 59.7 Å². The number of aliphatic hydroxyl groups excluding tert-OH is 1. The number of nitrogens with zero attached hydrogens (tertiary/aromatic N) is 1. The number of ether oxygens (including phenoxy) is 2. The van der Waals surface area contributed by atoms with Gasteiger partial charge in [-0.05, 0) is 36.2 Å². The second-order valence-corrected chi connectivity index (χ2v) is 4.86. The van der Waals surface area contributed by atoms with Crippen molar-refractivity contribution in [3.8, 4) is 17.6 Å². The predicted molar refractivity (Wildman–Crippen MR) is 83.8 cm³/mol. The Morgan fingerprint density at radius 1 is 1.05 bits per heavy atom. The van der Waals surface area contributed by atoms with Gasteiger partial charge in [0.15, 0.2) is 11.5 Å². The molecular weight excluding hydrogens is 278 g/mol. The Morgan fingerprint density at radius 2 is 1.68 bits per heavy atom. The molecule has 114 valence electrons. The zero-order valence-corrected chi connectivity index (χ0v) is 12.5. The van der Waals surface area contributed by atoms with Crippen LogP contribution in [0, 0.1) is 11.3 Å². The Balaban J connectivity index is 1.98. The van der Waals surface area contributed by atoms with Crippen molar-refractivity contribution in [3.63, 3.8) is 0 Å². The van der Waals surface area contributed by atoms with Crippen LogP contribution >= 0.6 is 0 Å². The smallest absolute Gasteiger partial charge is 0.161 e. The summed E-state index contributed by atoms with van der Waals surface area (Å²) in [5.74, 6) is 1.29. The van der Waals surface area contributed by atoms with E-state index < -0.39 is 6.10 Å². The number of para-hydroxylation sites is 2. The van der Waals surface area contributed by atoms with Crippen LogP contribution in [0.1, 0.15) is 30.6 Å². The van der Waals surface area contributed by atoms with Gasteiger partial charge in [0.05, 0.1) is 18.2 Å². The Kier molecular flexibility index (Phi) is 5.81. The summed E-state index contributed by atoms with van der Waals surface area (Å²) in [6.07, 6.45) is 0.161. The second-order valence-electron chi connectivity index (χ2n) is 4.86. The summed E-state index contributed by atoms with van der Waals surface area (Å²) in [4.78, 5) is 0. The van der Waals surface area contributed by atoms with E-state index in [0.717, 1.165) is 6.42 Å². The average molecular weight is 297 g/mol. The number of benzene rings is 2. The number of rotatable bonds is 7. The molecule has 0 aliphatic rings. The third-order valence-corrected chi connectivity index (χ3v) is 3.13. The molecule has 0 amide bonds. The van der Waals surface area contributed by atoms with E-state index in [1.165, 1.54) is 0 Å². The van der Waals surface area contributed by atoms with Crippen LogP contribution in [-0.4, -0.2) is 18.3 Å². The molecule has 0 spiro atoms. The van der Waals surface area contributed by atoms with Gasteiger partial charge in [-0.3, -0.25) is 0 Å². The van der Waals surface area contributed by atoms with Gasteiger partial charge in [0.25, 0.3) is 0 Å². The van der Waals surface area contributed by atoms with Crippen LogP contribution in [0.4, 0.5) is 0 Å². The average Bonchev–Trinajstić information content (AvgIpc) is 2.58. The molecule has 1 atom stereocenters. The van der Waals surface area contributed by atoms with Crippen molar-refractivity contribution in [2.75, 3.05) is 13.2 Å². The maximum Gasteiger partial charge on any atom is 0.161 e. The monoisotopic (exact) mass is 297 g/mol. The Labute approximate surface area is 130 Å². The normalized spacial score (nSPS) is 11.5. The lowest BCUT2D eigenvalue weighted by molar-refractivity contribution is 0.105. The van der Waals surface area contributed by atoms with Gasteiger partial charge in [-0.15, -0.1) is 0 Å². The molecule has 2 aromatic carbocycles. The second kappa shape index (κ2) is 8.06. The van der Waals surface area contributed by atoms with Crippen molar-refractivity contribution in [2.24, 2.45) is 0 Å². The topological polar surface area (TPSA) is 62.5 Å². The first kappa shape index (κ1) is 15.9. The van der Waals surface area contributed by atoms with E-state index in [1.54, 1.807) is 24.3 Å². The van der Waals surface area contributed by atoms with Crippen LogP contribution < -0.4 is 9.47 Å². The quantitative estimate of drug-likeness (QED) is 0.850. The van der Waals surface area contributed by atoms with E-state index in [9.17, 15) is 5.11 Å². The minimum Gasteiger partial charge on any atom is -0.490 e. The van der Waals surface area contributed by atoms with Crippen LogP contribution in [-0.2, 0) is 0 Å². The van der Waals surface area contributed by atoms with Gasteiger partial charge in [-0.1, -0.05) is 31.2 Å². The molecule has 0 saturated carbocycles. The van der Waals surface area contributed by atoms with Crippen LogP contribution in [0.3, 0.4) is 0 Å². The summed E-state index contributed by atoms with van der Waals surface area (Å²) in [5, 5.41) is 18.9. The molecule has 1 unspecified atom stereocenters. The Hall–Kier alpha value is -2.51. The van der Waals surface area contributed by atoms with Crippen molar-refractivity contribution in [1.29, 1.82) is 5.26 Å². The Bertz CT molecular complexity index is 632. The standard InChI is InChI=1S/C18H19NO3/c1-2-11-21-17-5-3-4-6-18(17)22-13-16(20)15-9-7-14(12-19)8-10-15/h3-10,16,20H,2,11,13H2,1H3. The number of aliphatic hydroxyl groups is 1. The van der Waals surface area contributed by atoms with Crippen LogP contribution in [0.25, 0.3) is 0 Å². The van der Waals surface area contributed by atoms with Gasteiger partial charge in [0.1, 0.15) is 12.7 Å². The highest BCUT2D eigenvalue weighted by atomic mass is 16.5. The third-order valence-electron chi connectivity index (χ3n) is 3.13. The first-order valence-corrected chi connectivity index (χ1v) is 7.27. The van der Waals surface area contributed by atoms with Crippen molar-refractivity contribution >= 4 is 0 Å². The van der Waals surface area contributed by atoms with E-state index in [-0.39, 0.29) is 6.61 Å². The lowest BCUT2D eigenvalue weighted by Crippen LogP contribution is -2.10. The molecule has 22 heavy (non-hydrogen) atoms. The largest absolute Gasteiger partial charge is 0.490 e. The van der Waals surface area contributed by atoms with Crippen molar-refractivity contribution < 1.29 is 14.6 Å². The first-order chi connectivity index (χ1) is 10.7. The van der Waals surface area contributed by atoms with Gasteiger partial charge in [0, 0.05) is 0 Å². The lowest BCUT2D eigenvalue weighted by atomic mass is 10.1. The summed E-state index contributed by atoms with van der Waals surface area (Å²) in [5.41, 5.74) is 1.28. The van der Waals surface area contributed by atoms with E-state index >= 15 is 0 Å². The molecule has 0 aliphatic carbocycles. The summed E-state index contributed by atoms with van der Waals surface area (Å²) >= 11 is 0. The van der Waals surface area contributed by atoms with E-state index in [0.29, 0.717) is 29.2 Å². The summed E-state index contributed by atoms with van der Waals surface area (Å²) in [6.45, 7) is 2.79. The lowest BCUT2D eigenvalue weighted by Gasteiger charge is -2.15. The number of hydrogen-bond donors (Lipinski definition) is 1. The number of nitriles is 1. The highest BCUT2D eigenvalue weighted by molar-refractivity contribution is 5.39. The maximum absolute atomic E-state index is 10.2. The molecule has 0 radical (unpaired) electrons. The highest BCUT2D eigenvalue weighted by Gasteiger charge is 2.11. The zero-order chi connectivity index (χ0) is 15.8. The van der Waals surface area contributed by atoms with Crippen molar-refractivity contribution in [1.82, 2.24) is 0 Å². The van der Waals surface area contributed by atoms with Gasteiger partial charge < -0.3 is 14.6 Å². The molecule has 0 bridgehead atoms. The predicted octanol–water partition coefficient (Wildman–Crippen LogP) is 3.46. The van der Waals surface area contributed by atoms with Gasteiger partial charge in [-0.2, -0.15) is 5.26 Å². The Morgan fingerprint density at radius 3 is 2.27 bits per heavy atom. The molecule has 0 saturated heterocycles. The maximum atomic E-state index is 10.2. The third kappa shape index (κ3) is 4.24. The van der Waals surface area contributed by atoms with Gasteiger partial charge in [0.2, 0.25) is 0 Å². The van der Waals surface area contributed by atoms with Crippen LogP contribution in [0.5, 0.6) is 11.5 Å². The molecule has 2 aromatic rings. The molecule has 1 N–H and O–H groups in total. The van der Waals surface area contributed by atoms with Crippen molar-refractivity contribution in [2.45, 2.75) is 19.4 Å². The van der Waals surface area contributed by atoms with E-state index in [1.807, 2.05) is 37.3 Å². The van der Waals surface area contributed by atoms with Crippen LogP contribution in [0.2, 0.25) is 0 Å². The van der Waals surface area contributed by atoms with Crippen LogP contribution in [0.15, 0.2) is 48.5 Å². The summed E-state index contributed by atoms with van der Waals surface area (Å²) in [6, 6.07) is 16.3. The van der Waals surface area contributed by atoms with E-state index in [4.69, 9.17) is 14.7 Å². The molecule has 0 heterocycles. The molecule has 2 rings (SSSR count). The molecule has 4 nitrogen and oxygen atoms in total. The molecule has 0 aliphatic heterocycles. The summed E-state index contributed by atoms with van der Waals surface area (Å²) in [7, 11) is 0. The highest BCUT2D eigenvalue weighted by Crippen LogP contribution is 2.27. The minimum atomic E-state index is -0.757. The fraction of sp³-hybridized carbons (Fsp3) is 0.278. The zero-order valence-electron chi connectivity index (χ0n) is 12.5. The SMILES string of the molecule is CCCOc1ccccc1OCC(O)c1ccc(C#N)cc1. The van der Waals surface area contributed by atoms with Gasteiger partial charge >= 0.3 is 0 Å². The molecule has 0 fully saturated rings. The number of hydrogen-bond acceptors (Lipinski definition) is 4. The molecule has 0 aromatic heterocycles. The first-order valence-electron chi connectivity index (χ1n) is 7.27. The molecular formula is C18H19NO3. The van der Waals surface area contributed by atoms with E-state index in [2.05, 4.69) is 0 Å². The fourth-order valence-corrected chi connectivity index (χ4v) is 1.95. The minimum absolute atomic E-state index is 0.123. The fourth-order valence-electron chi connectivity index (χ4n) is 1.95.